The lowest BCUT2D eigenvalue weighted by molar-refractivity contribution is 1.27. The minimum Gasteiger partial charge on any atom is -0.115 e. The van der Waals surface area contributed by atoms with E-state index in [1.807, 2.05) is 35.3 Å². The van der Waals surface area contributed by atoms with Crippen LogP contribution in [0.2, 0.25) is 0 Å². The van der Waals surface area contributed by atoms with E-state index in [-0.39, 0.29) is 0 Å². The zero-order chi connectivity index (χ0) is 15.2. The SMILES string of the molecule is ICSc1ccc(Sc2ccc(SCI)cc2I)c(I)c1. The molecule has 0 aliphatic heterocycles. The van der Waals surface area contributed by atoms with E-state index >= 15 is 0 Å². The number of hydrogen-bond donors (Lipinski definition) is 0. The molecule has 0 aromatic heterocycles. The van der Waals surface area contributed by atoms with E-state index < -0.39 is 0 Å². The molecule has 0 aliphatic rings. The summed E-state index contributed by atoms with van der Waals surface area (Å²) in [7, 11) is 0. The second kappa shape index (κ2) is 10.4. The fourth-order valence-corrected chi connectivity index (χ4v) is 7.63. The fourth-order valence-electron chi connectivity index (χ4n) is 1.55. The van der Waals surface area contributed by atoms with Crippen molar-refractivity contribution in [3.63, 3.8) is 0 Å². The summed E-state index contributed by atoms with van der Waals surface area (Å²) in [6, 6.07) is 13.5. The highest BCUT2D eigenvalue weighted by Crippen LogP contribution is 2.37. The zero-order valence-electron chi connectivity index (χ0n) is 10.6. The van der Waals surface area contributed by atoms with Gasteiger partial charge in [0.15, 0.2) is 0 Å². The van der Waals surface area contributed by atoms with Crippen LogP contribution < -0.4 is 0 Å². The van der Waals surface area contributed by atoms with E-state index in [0.717, 1.165) is 7.52 Å². The predicted molar refractivity (Wildman–Crippen MR) is 132 cm³/mol. The molecule has 0 fully saturated rings. The second-order valence-corrected chi connectivity index (χ2v) is 12.9. The number of thioether (sulfide) groups is 2. The van der Waals surface area contributed by atoms with Crippen molar-refractivity contribution in [2.45, 2.75) is 19.6 Å². The Morgan fingerprint density at radius 3 is 1.48 bits per heavy atom. The van der Waals surface area contributed by atoms with Crippen LogP contribution in [0.5, 0.6) is 0 Å². The Morgan fingerprint density at radius 1 is 0.714 bits per heavy atom. The number of halogens is 4. The van der Waals surface area contributed by atoms with Crippen LogP contribution in [0, 0.1) is 7.14 Å². The summed E-state index contributed by atoms with van der Waals surface area (Å²) < 4.78 is 4.84. The molecule has 0 heterocycles. The van der Waals surface area contributed by atoms with E-state index in [0.29, 0.717) is 0 Å². The Morgan fingerprint density at radius 2 is 1.14 bits per heavy atom. The fraction of sp³-hybridized carbons (Fsp3) is 0.143. The summed E-state index contributed by atoms with van der Waals surface area (Å²) in [5, 5.41) is 0. The molecule has 0 saturated carbocycles. The van der Waals surface area contributed by atoms with Crippen LogP contribution >= 0.6 is 126 Å². The van der Waals surface area contributed by atoms with Gasteiger partial charge in [-0.3, -0.25) is 0 Å². The van der Waals surface area contributed by atoms with Crippen molar-refractivity contribution in [1.29, 1.82) is 0 Å². The molecule has 21 heavy (non-hydrogen) atoms. The van der Waals surface area contributed by atoms with Crippen LogP contribution in [0.1, 0.15) is 0 Å². The Kier molecular flexibility index (Phi) is 9.78. The van der Waals surface area contributed by atoms with Crippen molar-refractivity contribution in [3.8, 4) is 0 Å². The molecule has 0 aliphatic carbocycles. The molecule has 7 heteroatoms. The lowest BCUT2D eigenvalue weighted by Gasteiger charge is -2.09. The Balaban J connectivity index is 2.18. The molecule has 0 unspecified atom stereocenters. The van der Waals surface area contributed by atoms with Crippen LogP contribution in [-0.2, 0) is 0 Å². The number of hydrogen-bond acceptors (Lipinski definition) is 3. The first-order valence-electron chi connectivity index (χ1n) is 5.78. The van der Waals surface area contributed by atoms with Crippen molar-refractivity contribution in [2.24, 2.45) is 0 Å². The smallest absolute Gasteiger partial charge is 0.0501 e. The third kappa shape index (κ3) is 6.33. The summed E-state index contributed by atoms with van der Waals surface area (Å²) >= 11 is 15.3. The molecular weight excluding hydrogens is 772 g/mol. The molecule has 0 radical (unpaired) electrons. The molecule has 2 aromatic carbocycles. The lowest BCUT2D eigenvalue weighted by Crippen LogP contribution is -1.85. The van der Waals surface area contributed by atoms with Crippen molar-refractivity contribution >= 4 is 126 Å². The minimum atomic E-state index is 1.09. The van der Waals surface area contributed by atoms with Crippen LogP contribution in [0.4, 0.5) is 0 Å². The van der Waals surface area contributed by atoms with Gasteiger partial charge >= 0.3 is 0 Å². The van der Waals surface area contributed by atoms with Gasteiger partial charge in [-0.2, -0.15) is 0 Å². The van der Waals surface area contributed by atoms with Crippen LogP contribution in [-0.4, -0.2) is 7.52 Å². The highest BCUT2D eigenvalue weighted by atomic mass is 127. The van der Waals surface area contributed by atoms with E-state index in [1.54, 1.807) is 0 Å². The molecule has 2 rings (SSSR count). The van der Waals surface area contributed by atoms with E-state index in [4.69, 9.17) is 0 Å². The van der Waals surface area contributed by atoms with Gasteiger partial charge in [0.05, 0.1) is 7.52 Å². The molecule has 2 aromatic rings. The van der Waals surface area contributed by atoms with Crippen LogP contribution in [0.15, 0.2) is 56.0 Å². The molecule has 0 saturated heterocycles. The maximum atomic E-state index is 2.44. The van der Waals surface area contributed by atoms with Gasteiger partial charge in [-0.15, -0.1) is 23.5 Å². The summed E-state index contributed by atoms with van der Waals surface area (Å²) in [5.41, 5.74) is 0. The van der Waals surface area contributed by atoms with Gasteiger partial charge in [0.2, 0.25) is 0 Å². The van der Waals surface area contributed by atoms with Crippen LogP contribution in [0.25, 0.3) is 0 Å². The first-order chi connectivity index (χ1) is 10.1. The van der Waals surface area contributed by atoms with Gasteiger partial charge < -0.3 is 0 Å². The average molecular weight is 782 g/mol. The minimum absolute atomic E-state index is 1.09. The second-order valence-electron chi connectivity index (χ2n) is 3.79. The molecule has 0 nitrogen and oxygen atoms in total. The quantitative estimate of drug-likeness (QED) is 0.166. The molecule has 0 atom stereocenters. The zero-order valence-corrected chi connectivity index (χ0v) is 21.7. The van der Waals surface area contributed by atoms with Gasteiger partial charge in [-0.25, -0.2) is 0 Å². The van der Waals surface area contributed by atoms with Crippen molar-refractivity contribution in [3.05, 3.63) is 43.5 Å². The lowest BCUT2D eigenvalue weighted by atomic mass is 10.4. The Bertz CT molecular complexity index is 566. The van der Waals surface area contributed by atoms with E-state index in [2.05, 4.69) is 127 Å². The third-order valence-corrected chi connectivity index (χ3v) is 9.40. The number of alkyl halides is 2. The van der Waals surface area contributed by atoms with Gasteiger partial charge in [0, 0.05) is 26.7 Å². The predicted octanol–water partition coefficient (Wildman–Crippen LogP) is 8.02. The Labute approximate surface area is 193 Å². The Hall–Kier alpha value is 2.41. The van der Waals surface area contributed by atoms with Crippen LogP contribution in [0.3, 0.4) is 0 Å². The van der Waals surface area contributed by atoms with Crippen molar-refractivity contribution in [1.82, 2.24) is 0 Å². The van der Waals surface area contributed by atoms with Gasteiger partial charge in [0.1, 0.15) is 0 Å². The van der Waals surface area contributed by atoms with Crippen molar-refractivity contribution < 1.29 is 0 Å². The van der Waals surface area contributed by atoms with Gasteiger partial charge in [-0.05, 0) is 81.6 Å². The largest absolute Gasteiger partial charge is 0.115 e. The summed E-state index contributed by atoms with van der Waals surface area (Å²) in [6.07, 6.45) is 0. The summed E-state index contributed by atoms with van der Waals surface area (Å²) in [4.78, 5) is 5.37. The number of benzene rings is 2. The maximum Gasteiger partial charge on any atom is 0.0501 e. The highest BCUT2D eigenvalue weighted by Gasteiger charge is 2.08. The molecular formula is C14H10I4S3. The maximum absolute atomic E-state index is 2.44. The normalized spacial score (nSPS) is 10.9. The van der Waals surface area contributed by atoms with E-state index in [9.17, 15) is 0 Å². The van der Waals surface area contributed by atoms with E-state index in [1.165, 1.54) is 26.7 Å². The first-order valence-corrected chi connectivity index (χ1v) is 13.8. The topological polar surface area (TPSA) is 0 Å². The van der Waals surface area contributed by atoms with Gasteiger partial charge in [0.25, 0.3) is 0 Å². The average Bonchev–Trinajstić information content (AvgIpc) is 2.45. The van der Waals surface area contributed by atoms with Gasteiger partial charge in [-0.1, -0.05) is 56.9 Å². The standard InChI is InChI=1S/C14H10I4S3/c15-7-19-9-1-3-13(11(17)5-9)21-14-4-2-10(20-8-16)6-12(14)18/h1-6H,7-8H2. The highest BCUT2D eigenvalue weighted by molar-refractivity contribution is 14.1. The first kappa shape index (κ1) is 19.7. The summed E-state index contributed by atoms with van der Waals surface area (Å²) in [6.45, 7) is 0. The monoisotopic (exact) mass is 782 g/mol. The number of rotatable bonds is 6. The molecule has 0 N–H and O–H groups in total. The molecule has 0 amide bonds. The molecule has 0 bridgehead atoms. The van der Waals surface area contributed by atoms with Crippen molar-refractivity contribution in [2.75, 3.05) is 7.52 Å². The summed E-state index contributed by atoms with van der Waals surface area (Å²) in [5.74, 6) is 0. The third-order valence-electron chi connectivity index (χ3n) is 2.47. The molecule has 0 spiro atoms. The molecule has 112 valence electrons.